The molecule has 0 N–H and O–H groups in total. The van der Waals surface area contributed by atoms with Crippen LogP contribution < -0.4 is 0 Å². The Bertz CT molecular complexity index is 1030. The molecule has 0 bridgehead atoms. The van der Waals surface area contributed by atoms with Gasteiger partial charge in [-0.3, -0.25) is 9.78 Å². The van der Waals surface area contributed by atoms with E-state index in [-0.39, 0.29) is 5.91 Å². The molecule has 0 spiro atoms. The number of aromatic nitrogens is 3. The van der Waals surface area contributed by atoms with Crippen LogP contribution in [0.3, 0.4) is 0 Å². The highest BCUT2D eigenvalue weighted by Gasteiger charge is 2.21. The van der Waals surface area contributed by atoms with Crippen molar-refractivity contribution in [3.63, 3.8) is 0 Å². The maximum atomic E-state index is 12.8. The molecule has 158 valence electrons. The molecule has 8 heteroatoms. The van der Waals surface area contributed by atoms with Crippen molar-refractivity contribution < 1.29 is 4.79 Å². The fourth-order valence-corrected chi connectivity index (χ4v) is 4.23. The lowest BCUT2D eigenvalue weighted by molar-refractivity contribution is -0.133. The van der Waals surface area contributed by atoms with Gasteiger partial charge in [0.25, 0.3) is 0 Å². The van der Waals surface area contributed by atoms with Crippen molar-refractivity contribution in [1.82, 2.24) is 24.3 Å². The van der Waals surface area contributed by atoms with Crippen LogP contribution in [-0.2, 0) is 17.8 Å². The number of hydrogen-bond acceptors (Lipinski definition) is 4. The quantitative estimate of drug-likeness (QED) is 0.577. The first-order valence-electron chi connectivity index (χ1n) is 10.3. The van der Waals surface area contributed by atoms with E-state index in [1.54, 1.807) is 12.3 Å². The van der Waals surface area contributed by atoms with E-state index in [0.29, 0.717) is 29.4 Å². The number of halogens is 2. The second-order valence-corrected chi connectivity index (χ2v) is 8.35. The van der Waals surface area contributed by atoms with Crippen molar-refractivity contribution in [2.45, 2.75) is 26.3 Å². The maximum Gasteiger partial charge on any atom is 0.224 e. The Hall–Kier alpha value is -2.15. The third-order valence-electron chi connectivity index (χ3n) is 5.68. The zero-order valence-electron chi connectivity index (χ0n) is 17.0. The average molecular weight is 446 g/mol. The topological polar surface area (TPSA) is 54.3 Å². The van der Waals surface area contributed by atoms with Crippen molar-refractivity contribution in [1.29, 1.82) is 0 Å². The number of benzene rings is 1. The van der Waals surface area contributed by atoms with Gasteiger partial charge in [-0.15, -0.1) is 0 Å². The summed E-state index contributed by atoms with van der Waals surface area (Å²) in [5.41, 5.74) is 2.74. The third-order valence-corrected chi connectivity index (χ3v) is 6.40. The van der Waals surface area contributed by atoms with E-state index in [0.717, 1.165) is 55.1 Å². The lowest BCUT2D eigenvalue weighted by Gasteiger charge is -2.34. The van der Waals surface area contributed by atoms with Gasteiger partial charge in [0, 0.05) is 58.0 Å². The van der Waals surface area contributed by atoms with Crippen LogP contribution in [0, 0.1) is 0 Å². The Labute approximate surface area is 186 Å². The summed E-state index contributed by atoms with van der Waals surface area (Å²) >= 11 is 12.5. The summed E-state index contributed by atoms with van der Waals surface area (Å²) in [6.07, 6.45) is 4.64. The highest BCUT2D eigenvalue weighted by atomic mass is 35.5. The van der Waals surface area contributed by atoms with Gasteiger partial charge in [-0.25, -0.2) is 4.98 Å². The van der Waals surface area contributed by atoms with Gasteiger partial charge in [-0.05, 0) is 30.3 Å². The van der Waals surface area contributed by atoms with Crippen LogP contribution in [-0.4, -0.2) is 63.0 Å². The van der Waals surface area contributed by atoms with Crippen LogP contribution in [0.2, 0.25) is 10.0 Å². The molecule has 0 radical (unpaired) electrons. The van der Waals surface area contributed by atoms with E-state index >= 15 is 0 Å². The first-order valence-corrected chi connectivity index (χ1v) is 11.0. The standard InChI is InChI=1S/C22H25Cl2N5O/c1-2-27-8-10-28(11-9-27)22(30)5-7-29-20-14-18(24)17(23)13-19(20)26-21(29)12-16-4-3-6-25-15-16/h3-4,6,13-15H,2,5,7-12H2,1H3. The first kappa shape index (κ1) is 21.1. The van der Waals surface area contributed by atoms with E-state index in [9.17, 15) is 4.79 Å². The zero-order valence-corrected chi connectivity index (χ0v) is 18.5. The summed E-state index contributed by atoms with van der Waals surface area (Å²) in [6.45, 7) is 7.21. The normalized spacial score (nSPS) is 15.1. The summed E-state index contributed by atoms with van der Waals surface area (Å²) in [6, 6.07) is 7.56. The molecule has 0 atom stereocenters. The van der Waals surface area contributed by atoms with Crippen molar-refractivity contribution in [3.05, 3.63) is 58.1 Å². The molecule has 0 saturated carbocycles. The Balaban J connectivity index is 1.56. The molecule has 3 heterocycles. The summed E-state index contributed by atoms with van der Waals surface area (Å²) < 4.78 is 2.09. The molecule has 0 aliphatic carbocycles. The molecule has 4 rings (SSSR count). The molecular formula is C22H25Cl2N5O. The fraction of sp³-hybridized carbons (Fsp3) is 0.409. The molecule has 1 fully saturated rings. The molecule has 1 aromatic carbocycles. The Morgan fingerprint density at radius 2 is 1.90 bits per heavy atom. The monoisotopic (exact) mass is 445 g/mol. The van der Waals surface area contributed by atoms with Crippen LogP contribution in [0.4, 0.5) is 0 Å². The van der Waals surface area contributed by atoms with Crippen molar-refractivity contribution in [2.75, 3.05) is 32.7 Å². The van der Waals surface area contributed by atoms with Crippen molar-refractivity contribution >= 4 is 40.1 Å². The van der Waals surface area contributed by atoms with Gasteiger partial charge in [-0.2, -0.15) is 0 Å². The van der Waals surface area contributed by atoms with Gasteiger partial charge >= 0.3 is 0 Å². The van der Waals surface area contributed by atoms with Crippen LogP contribution in [0.25, 0.3) is 11.0 Å². The number of carbonyl (C=O) groups excluding carboxylic acids is 1. The SMILES string of the molecule is CCN1CCN(C(=O)CCn2c(Cc3cccnc3)nc3cc(Cl)c(Cl)cc32)CC1. The summed E-state index contributed by atoms with van der Waals surface area (Å²) in [7, 11) is 0. The number of aryl methyl sites for hydroxylation is 1. The second kappa shape index (κ2) is 9.33. The number of fused-ring (bicyclic) bond motifs is 1. The van der Waals surface area contributed by atoms with Gasteiger partial charge in [0.05, 0.1) is 21.1 Å². The highest BCUT2D eigenvalue weighted by molar-refractivity contribution is 6.42. The number of rotatable bonds is 6. The minimum Gasteiger partial charge on any atom is -0.340 e. The van der Waals surface area contributed by atoms with E-state index in [1.165, 1.54) is 0 Å². The predicted molar refractivity (Wildman–Crippen MR) is 120 cm³/mol. The van der Waals surface area contributed by atoms with Crippen LogP contribution in [0.15, 0.2) is 36.7 Å². The van der Waals surface area contributed by atoms with Crippen molar-refractivity contribution in [3.8, 4) is 0 Å². The molecular weight excluding hydrogens is 421 g/mol. The number of nitrogens with zero attached hydrogens (tertiary/aromatic N) is 5. The number of pyridine rings is 1. The first-order chi connectivity index (χ1) is 14.5. The Kier molecular flexibility index (Phi) is 6.56. The number of hydrogen-bond donors (Lipinski definition) is 0. The van der Waals surface area contributed by atoms with E-state index < -0.39 is 0 Å². The minimum atomic E-state index is 0.181. The average Bonchev–Trinajstić information content (AvgIpc) is 3.08. The summed E-state index contributed by atoms with van der Waals surface area (Å²) in [4.78, 5) is 26.1. The number of piperazine rings is 1. The lowest BCUT2D eigenvalue weighted by Crippen LogP contribution is -2.48. The molecule has 2 aromatic heterocycles. The summed E-state index contributed by atoms with van der Waals surface area (Å²) in [5.74, 6) is 1.06. The second-order valence-electron chi connectivity index (χ2n) is 7.54. The smallest absolute Gasteiger partial charge is 0.224 e. The number of likely N-dealkylation sites (N-methyl/N-ethyl adjacent to an activating group) is 1. The third kappa shape index (κ3) is 4.61. The number of imidazole rings is 1. The van der Waals surface area contributed by atoms with Gasteiger partial charge in [0.1, 0.15) is 5.82 Å². The largest absolute Gasteiger partial charge is 0.340 e. The van der Waals surface area contributed by atoms with Gasteiger partial charge in [0.15, 0.2) is 0 Å². The van der Waals surface area contributed by atoms with Gasteiger partial charge < -0.3 is 14.4 Å². The number of carbonyl (C=O) groups is 1. The van der Waals surface area contributed by atoms with Gasteiger partial charge in [0.2, 0.25) is 5.91 Å². The van der Waals surface area contributed by atoms with E-state index in [4.69, 9.17) is 28.2 Å². The highest BCUT2D eigenvalue weighted by Crippen LogP contribution is 2.29. The number of amides is 1. The van der Waals surface area contributed by atoms with Crippen LogP contribution >= 0.6 is 23.2 Å². The molecule has 1 aliphatic rings. The maximum absolute atomic E-state index is 12.8. The predicted octanol–water partition coefficient (Wildman–Crippen LogP) is 3.88. The Morgan fingerprint density at radius 1 is 1.13 bits per heavy atom. The minimum absolute atomic E-state index is 0.181. The van der Waals surface area contributed by atoms with Crippen LogP contribution in [0.1, 0.15) is 24.7 Å². The van der Waals surface area contributed by atoms with E-state index in [2.05, 4.69) is 21.4 Å². The molecule has 30 heavy (non-hydrogen) atoms. The van der Waals surface area contributed by atoms with Gasteiger partial charge in [-0.1, -0.05) is 36.2 Å². The molecule has 1 saturated heterocycles. The lowest BCUT2D eigenvalue weighted by atomic mass is 10.2. The summed E-state index contributed by atoms with van der Waals surface area (Å²) in [5, 5.41) is 0.965. The van der Waals surface area contributed by atoms with E-state index in [1.807, 2.05) is 29.3 Å². The molecule has 0 unspecified atom stereocenters. The molecule has 1 amide bonds. The molecule has 1 aliphatic heterocycles. The van der Waals surface area contributed by atoms with Crippen molar-refractivity contribution in [2.24, 2.45) is 0 Å². The molecule has 6 nitrogen and oxygen atoms in total. The fourth-order valence-electron chi connectivity index (χ4n) is 3.92. The molecule has 3 aromatic rings. The zero-order chi connectivity index (χ0) is 21.1. The Morgan fingerprint density at radius 3 is 2.60 bits per heavy atom. The van der Waals surface area contributed by atoms with Crippen LogP contribution in [0.5, 0.6) is 0 Å².